The van der Waals surface area contributed by atoms with Crippen LogP contribution >= 0.6 is 0 Å². The van der Waals surface area contributed by atoms with Crippen molar-refractivity contribution in [1.29, 1.82) is 0 Å². The van der Waals surface area contributed by atoms with Crippen molar-refractivity contribution in [2.24, 2.45) is 0 Å². The topological polar surface area (TPSA) is 37.3 Å². The predicted octanol–water partition coefficient (Wildman–Crippen LogP) is 6.17. The first-order valence-electron chi connectivity index (χ1n) is 8.98. The van der Waals surface area contributed by atoms with E-state index in [0.717, 1.165) is 24.0 Å². The van der Waals surface area contributed by atoms with Gasteiger partial charge in [-0.1, -0.05) is 82.2 Å². The van der Waals surface area contributed by atoms with Crippen molar-refractivity contribution in [2.45, 2.75) is 64.7 Å². The van der Waals surface area contributed by atoms with Gasteiger partial charge in [0.15, 0.2) is 0 Å². The minimum Gasteiger partial charge on any atom is -0.478 e. The molecule has 0 atom stereocenters. The first-order chi connectivity index (χ1) is 11.2. The van der Waals surface area contributed by atoms with Gasteiger partial charge < -0.3 is 5.11 Å². The van der Waals surface area contributed by atoms with Gasteiger partial charge in [-0.3, -0.25) is 0 Å². The summed E-state index contributed by atoms with van der Waals surface area (Å²) >= 11 is 0. The minimum absolute atomic E-state index is 0.436. The molecule has 0 aromatic rings. The molecule has 0 spiro atoms. The van der Waals surface area contributed by atoms with Crippen LogP contribution in [0.5, 0.6) is 0 Å². The van der Waals surface area contributed by atoms with Crippen LogP contribution in [0, 0.1) is 0 Å². The third-order valence-corrected chi connectivity index (χ3v) is 4.52. The van der Waals surface area contributed by atoms with E-state index in [1.807, 2.05) is 36.4 Å². The molecule has 0 radical (unpaired) electrons. The predicted molar refractivity (Wildman–Crippen MR) is 96.3 cm³/mol. The number of carboxylic acid groups (broad SMARTS) is 1. The zero-order valence-corrected chi connectivity index (χ0v) is 14.2. The van der Waals surface area contributed by atoms with Gasteiger partial charge in [-0.15, -0.1) is 0 Å². The molecule has 2 rings (SSSR count). The highest BCUT2D eigenvalue weighted by atomic mass is 16.4. The summed E-state index contributed by atoms with van der Waals surface area (Å²) in [4.78, 5) is 11.4. The molecule has 0 amide bonds. The zero-order valence-electron chi connectivity index (χ0n) is 14.2. The molecule has 2 nitrogen and oxygen atoms in total. The molecule has 0 saturated heterocycles. The van der Waals surface area contributed by atoms with Gasteiger partial charge >= 0.3 is 5.97 Å². The van der Waals surface area contributed by atoms with E-state index in [-0.39, 0.29) is 0 Å². The molecule has 0 saturated carbocycles. The number of rotatable bonds is 10. The fourth-order valence-corrected chi connectivity index (χ4v) is 3.22. The SMILES string of the molecule is CCCCCCCCCCc1cc(C(=O)O)c2cccccc1-2. The summed E-state index contributed by atoms with van der Waals surface area (Å²) in [5.74, 6) is -0.830. The Labute approximate surface area is 139 Å². The molecule has 0 aliphatic heterocycles. The molecule has 124 valence electrons. The van der Waals surface area contributed by atoms with Crippen LogP contribution in [-0.2, 0) is 6.42 Å². The largest absolute Gasteiger partial charge is 0.478 e. The van der Waals surface area contributed by atoms with E-state index in [1.165, 1.54) is 50.5 Å². The summed E-state index contributed by atoms with van der Waals surface area (Å²) in [5.41, 5.74) is 3.57. The number of aromatic carboxylic acids is 1. The Morgan fingerprint density at radius 1 is 0.870 bits per heavy atom. The Morgan fingerprint density at radius 2 is 1.48 bits per heavy atom. The lowest BCUT2D eigenvalue weighted by Gasteiger charge is -2.03. The number of hydrogen-bond acceptors (Lipinski definition) is 1. The third-order valence-electron chi connectivity index (χ3n) is 4.52. The Morgan fingerprint density at radius 3 is 2.13 bits per heavy atom. The molecule has 23 heavy (non-hydrogen) atoms. The number of unbranched alkanes of at least 4 members (excludes halogenated alkanes) is 7. The highest BCUT2D eigenvalue weighted by Gasteiger charge is 2.18. The first-order valence-corrected chi connectivity index (χ1v) is 8.98. The minimum atomic E-state index is -0.830. The van der Waals surface area contributed by atoms with Crippen molar-refractivity contribution in [1.82, 2.24) is 0 Å². The van der Waals surface area contributed by atoms with Gasteiger partial charge in [0.05, 0.1) is 5.56 Å². The molecule has 1 N–H and O–H groups in total. The normalized spacial score (nSPS) is 11.0. The number of aryl methyl sites for hydroxylation is 1. The number of fused-ring (bicyclic) bond motifs is 1. The van der Waals surface area contributed by atoms with Crippen LogP contribution < -0.4 is 0 Å². The average molecular weight is 312 g/mol. The van der Waals surface area contributed by atoms with Crippen LogP contribution in [0.2, 0.25) is 0 Å². The fourth-order valence-electron chi connectivity index (χ4n) is 3.22. The summed E-state index contributed by atoms with van der Waals surface area (Å²) in [6.07, 6.45) is 11.4. The standard InChI is InChI=1S/C21H28O2/c1-2-3-4-5-6-7-8-10-13-17-16-20(21(22)23)19-15-12-9-11-14-18(17)19/h9,11-12,14-16H,2-8,10,13H2,1H3,(H,22,23). The third kappa shape index (κ3) is 5.09. The summed E-state index contributed by atoms with van der Waals surface area (Å²) in [6, 6.07) is 11.7. The Bertz CT molecular complexity index is 589. The smallest absolute Gasteiger partial charge is 0.336 e. The van der Waals surface area contributed by atoms with Gasteiger partial charge in [0, 0.05) is 0 Å². The molecule has 0 heterocycles. The Balaban J connectivity index is 1.88. The van der Waals surface area contributed by atoms with Gasteiger partial charge in [-0.05, 0) is 35.6 Å². The van der Waals surface area contributed by atoms with Crippen LogP contribution in [0.25, 0.3) is 11.1 Å². The summed E-state index contributed by atoms with van der Waals surface area (Å²) in [6.45, 7) is 2.25. The van der Waals surface area contributed by atoms with E-state index in [0.29, 0.717) is 5.56 Å². The van der Waals surface area contributed by atoms with Gasteiger partial charge in [0.1, 0.15) is 0 Å². The molecule has 0 aromatic carbocycles. The number of carboxylic acids is 1. The highest BCUT2D eigenvalue weighted by molar-refractivity contribution is 5.98. The van der Waals surface area contributed by atoms with Crippen molar-refractivity contribution >= 4 is 5.97 Å². The molecule has 0 aromatic heterocycles. The van der Waals surface area contributed by atoms with Crippen molar-refractivity contribution in [3.05, 3.63) is 47.5 Å². The van der Waals surface area contributed by atoms with E-state index < -0.39 is 5.97 Å². The lowest BCUT2D eigenvalue weighted by Crippen LogP contribution is -1.94. The summed E-state index contributed by atoms with van der Waals surface area (Å²) < 4.78 is 0. The second-order valence-electron chi connectivity index (χ2n) is 6.35. The van der Waals surface area contributed by atoms with Gasteiger partial charge in [-0.2, -0.15) is 0 Å². The maximum absolute atomic E-state index is 11.4. The van der Waals surface area contributed by atoms with Gasteiger partial charge in [0.25, 0.3) is 0 Å². The lowest BCUT2D eigenvalue weighted by molar-refractivity contribution is 0.0698. The van der Waals surface area contributed by atoms with Crippen LogP contribution in [0.4, 0.5) is 0 Å². The van der Waals surface area contributed by atoms with Crippen molar-refractivity contribution in [3.63, 3.8) is 0 Å². The lowest BCUT2D eigenvalue weighted by atomic mass is 10.0. The molecular weight excluding hydrogens is 284 g/mol. The van der Waals surface area contributed by atoms with Crippen LogP contribution in [0.1, 0.15) is 74.2 Å². The number of carbonyl (C=O) groups is 1. The maximum atomic E-state index is 11.4. The van der Waals surface area contributed by atoms with Crippen molar-refractivity contribution < 1.29 is 9.90 Å². The Kier molecular flexibility index (Phi) is 7.12. The fraction of sp³-hybridized carbons (Fsp3) is 0.476. The summed E-state index contributed by atoms with van der Waals surface area (Å²) in [5, 5.41) is 9.39. The number of hydrogen-bond donors (Lipinski definition) is 1. The van der Waals surface area contributed by atoms with Crippen molar-refractivity contribution in [2.75, 3.05) is 0 Å². The first kappa shape index (κ1) is 17.5. The quantitative estimate of drug-likeness (QED) is 0.532. The maximum Gasteiger partial charge on any atom is 0.336 e. The van der Waals surface area contributed by atoms with E-state index in [9.17, 15) is 9.90 Å². The molecule has 2 heteroatoms. The monoisotopic (exact) mass is 312 g/mol. The molecule has 2 aliphatic rings. The molecule has 0 bridgehead atoms. The van der Waals surface area contributed by atoms with Crippen molar-refractivity contribution in [3.8, 4) is 11.1 Å². The molecule has 0 fully saturated rings. The van der Waals surface area contributed by atoms with Crippen LogP contribution in [0.15, 0.2) is 36.4 Å². The van der Waals surface area contributed by atoms with E-state index in [4.69, 9.17) is 0 Å². The van der Waals surface area contributed by atoms with E-state index in [2.05, 4.69) is 6.92 Å². The summed E-state index contributed by atoms with van der Waals surface area (Å²) in [7, 11) is 0. The average Bonchev–Trinajstić information content (AvgIpc) is 2.71. The zero-order chi connectivity index (χ0) is 16.5. The van der Waals surface area contributed by atoms with Gasteiger partial charge in [0.2, 0.25) is 0 Å². The second kappa shape index (κ2) is 9.34. The molecule has 2 aliphatic carbocycles. The van der Waals surface area contributed by atoms with Gasteiger partial charge in [-0.25, -0.2) is 4.79 Å². The van der Waals surface area contributed by atoms with Crippen LogP contribution in [0.3, 0.4) is 0 Å². The highest BCUT2D eigenvalue weighted by Crippen LogP contribution is 2.33. The molecule has 0 unspecified atom stereocenters. The Hall–Kier alpha value is -1.83. The second-order valence-corrected chi connectivity index (χ2v) is 6.35. The molecular formula is C21H28O2. The van der Waals surface area contributed by atoms with Crippen LogP contribution in [-0.4, -0.2) is 11.1 Å². The van der Waals surface area contributed by atoms with E-state index >= 15 is 0 Å². The van der Waals surface area contributed by atoms with E-state index in [1.54, 1.807) is 0 Å².